The normalized spacial score (nSPS) is 11.4. The third kappa shape index (κ3) is 4.99. The van der Waals surface area contributed by atoms with Crippen LogP contribution in [0.5, 0.6) is 5.75 Å². The Kier molecular flexibility index (Phi) is 5.83. The molecule has 0 atom stereocenters. The summed E-state index contributed by atoms with van der Waals surface area (Å²) >= 11 is 0. The summed E-state index contributed by atoms with van der Waals surface area (Å²) in [6.45, 7) is 0.252. The first-order valence-electron chi connectivity index (χ1n) is 9.47. The number of nitrogens with two attached hydrogens (primary N) is 1. The van der Waals surface area contributed by atoms with Crippen LogP contribution in [0.4, 0.5) is 4.39 Å². The van der Waals surface area contributed by atoms with E-state index in [1.165, 1.54) is 24.3 Å². The molecule has 0 radical (unpaired) electrons. The fraction of sp³-hybridized carbons (Fsp3) is 0.0870. The zero-order valence-electron chi connectivity index (χ0n) is 16.4. The molecule has 4 rings (SSSR count). The minimum absolute atomic E-state index is 0.0183. The quantitative estimate of drug-likeness (QED) is 0.461. The van der Waals surface area contributed by atoms with Crippen molar-refractivity contribution in [3.05, 3.63) is 90.6 Å². The van der Waals surface area contributed by atoms with Gasteiger partial charge in [-0.25, -0.2) is 22.9 Å². The number of rotatable bonds is 7. The maximum absolute atomic E-state index is 13.3. The molecule has 0 spiro atoms. The second-order valence-electron chi connectivity index (χ2n) is 6.78. The molecule has 0 fully saturated rings. The van der Waals surface area contributed by atoms with E-state index in [1.54, 1.807) is 24.3 Å². The predicted octanol–water partition coefficient (Wildman–Crippen LogP) is 4.42. The lowest BCUT2D eigenvalue weighted by Gasteiger charge is -2.04. The van der Waals surface area contributed by atoms with E-state index in [9.17, 15) is 12.8 Å². The van der Waals surface area contributed by atoms with Gasteiger partial charge in [0.15, 0.2) is 11.7 Å². The highest BCUT2D eigenvalue weighted by Crippen LogP contribution is 2.33. The third-order valence-electron chi connectivity index (χ3n) is 4.54. The number of oxazole rings is 1. The van der Waals surface area contributed by atoms with Crippen molar-refractivity contribution in [1.29, 1.82) is 0 Å². The van der Waals surface area contributed by atoms with E-state index in [2.05, 4.69) is 4.98 Å². The molecule has 6 nitrogen and oxygen atoms in total. The highest BCUT2D eigenvalue weighted by molar-refractivity contribution is 7.89. The molecule has 31 heavy (non-hydrogen) atoms. The Morgan fingerprint density at radius 2 is 1.68 bits per heavy atom. The summed E-state index contributed by atoms with van der Waals surface area (Å²) in [6.07, 6.45) is 0.367. The molecule has 158 valence electrons. The van der Waals surface area contributed by atoms with Gasteiger partial charge in [-0.2, -0.15) is 0 Å². The molecule has 4 aromatic rings. The second kappa shape index (κ2) is 8.71. The van der Waals surface area contributed by atoms with Gasteiger partial charge >= 0.3 is 0 Å². The van der Waals surface area contributed by atoms with E-state index in [0.717, 1.165) is 5.56 Å². The number of primary sulfonamides is 1. The zero-order valence-corrected chi connectivity index (χ0v) is 17.2. The standard InChI is InChI=1S/C23H19FN2O4S/c24-18-7-4-8-19(15-18)29-14-13-21-26-22(23(30-21)17-5-2-1-3-6-17)16-9-11-20(12-10-16)31(25,27)28/h1-12,15H,13-14H2,(H2,25,27,28). The Bertz CT molecular complexity index is 1290. The summed E-state index contributed by atoms with van der Waals surface area (Å²) < 4.78 is 48.0. The lowest BCUT2D eigenvalue weighted by molar-refractivity contribution is 0.305. The zero-order chi connectivity index (χ0) is 21.8. The van der Waals surface area contributed by atoms with Crippen molar-refractivity contribution < 1.29 is 22.0 Å². The van der Waals surface area contributed by atoms with Gasteiger partial charge in [0.25, 0.3) is 0 Å². The average molecular weight is 438 g/mol. The minimum atomic E-state index is -3.79. The number of nitrogens with zero attached hydrogens (tertiary/aromatic N) is 1. The summed E-state index contributed by atoms with van der Waals surface area (Å²) in [7, 11) is -3.79. The first-order chi connectivity index (χ1) is 14.9. The maximum atomic E-state index is 13.3. The summed E-state index contributed by atoms with van der Waals surface area (Å²) in [4.78, 5) is 4.61. The molecule has 3 aromatic carbocycles. The van der Waals surface area contributed by atoms with Crippen LogP contribution in [0.25, 0.3) is 22.6 Å². The van der Waals surface area contributed by atoms with Gasteiger partial charge in [-0.1, -0.05) is 48.5 Å². The first kappa shape index (κ1) is 20.8. The Hall–Kier alpha value is -3.49. The van der Waals surface area contributed by atoms with E-state index in [0.29, 0.717) is 35.1 Å². The van der Waals surface area contributed by atoms with Crippen LogP contribution in [0, 0.1) is 5.82 Å². The van der Waals surface area contributed by atoms with E-state index in [-0.39, 0.29) is 17.3 Å². The summed E-state index contributed by atoms with van der Waals surface area (Å²) in [5, 5.41) is 5.18. The largest absolute Gasteiger partial charge is 0.493 e. The fourth-order valence-corrected chi connectivity index (χ4v) is 3.58. The van der Waals surface area contributed by atoms with Crippen molar-refractivity contribution in [3.8, 4) is 28.3 Å². The topological polar surface area (TPSA) is 95.4 Å². The van der Waals surface area contributed by atoms with Crippen LogP contribution in [-0.2, 0) is 16.4 Å². The van der Waals surface area contributed by atoms with E-state index < -0.39 is 10.0 Å². The molecule has 0 saturated carbocycles. The molecule has 0 aliphatic heterocycles. The monoisotopic (exact) mass is 438 g/mol. The van der Waals surface area contributed by atoms with Gasteiger partial charge in [0.1, 0.15) is 17.3 Å². The van der Waals surface area contributed by atoms with Crippen molar-refractivity contribution in [3.63, 3.8) is 0 Å². The summed E-state index contributed by atoms with van der Waals surface area (Å²) in [5.41, 5.74) is 2.10. The van der Waals surface area contributed by atoms with Crippen molar-refractivity contribution in [2.75, 3.05) is 6.61 Å². The predicted molar refractivity (Wildman–Crippen MR) is 114 cm³/mol. The van der Waals surface area contributed by atoms with Crippen molar-refractivity contribution in [1.82, 2.24) is 4.98 Å². The molecule has 0 amide bonds. The molecular weight excluding hydrogens is 419 g/mol. The van der Waals surface area contributed by atoms with Gasteiger partial charge in [-0.15, -0.1) is 0 Å². The van der Waals surface area contributed by atoms with Gasteiger partial charge in [0.2, 0.25) is 10.0 Å². The Morgan fingerprint density at radius 1 is 0.935 bits per heavy atom. The Labute approximate surface area is 179 Å². The summed E-state index contributed by atoms with van der Waals surface area (Å²) in [6, 6.07) is 21.5. The number of sulfonamides is 1. The molecule has 8 heteroatoms. The molecule has 0 aliphatic rings. The van der Waals surface area contributed by atoms with E-state index in [1.807, 2.05) is 30.3 Å². The van der Waals surface area contributed by atoms with Crippen LogP contribution in [0.15, 0.2) is 88.2 Å². The minimum Gasteiger partial charge on any atom is -0.493 e. The Balaban J connectivity index is 1.61. The molecule has 0 bridgehead atoms. The van der Waals surface area contributed by atoms with Crippen molar-refractivity contribution >= 4 is 10.0 Å². The van der Waals surface area contributed by atoms with Crippen LogP contribution in [0.1, 0.15) is 5.89 Å². The second-order valence-corrected chi connectivity index (χ2v) is 8.34. The number of benzene rings is 3. The highest BCUT2D eigenvalue weighted by atomic mass is 32.2. The van der Waals surface area contributed by atoms with E-state index in [4.69, 9.17) is 14.3 Å². The molecule has 0 unspecified atom stereocenters. The smallest absolute Gasteiger partial charge is 0.238 e. The van der Waals surface area contributed by atoms with Crippen LogP contribution < -0.4 is 9.88 Å². The third-order valence-corrected chi connectivity index (χ3v) is 5.47. The number of ether oxygens (including phenoxy) is 1. The van der Waals surface area contributed by atoms with E-state index >= 15 is 0 Å². The first-order valence-corrected chi connectivity index (χ1v) is 11.0. The van der Waals surface area contributed by atoms with Crippen LogP contribution >= 0.6 is 0 Å². The van der Waals surface area contributed by atoms with Crippen molar-refractivity contribution in [2.24, 2.45) is 5.14 Å². The summed E-state index contributed by atoms with van der Waals surface area (Å²) in [5.74, 6) is 1.06. The van der Waals surface area contributed by atoms with Crippen LogP contribution in [0.2, 0.25) is 0 Å². The average Bonchev–Trinajstić information content (AvgIpc) is 3.18. The molecule has 0 aliphatic carbocycles. The van der Waals surface area contributed by atoms with Gasteiger partial charge in [-0.05, 0) is 24.3 Å². The number of hydrogen-bond donors (Lipinski definition) is 1. The molecule has 0 saturated heterocycles. The maximum Gasteiger partial charge on any atom is 0.238 e. The molecule has 1 heterocycles. The number of hydrogen-bond acceptors (Lipinski definition) is 5. The highest BCUT2D eigenvalue weighted by Gasteiger charge is 2.18. The molecule has 1 aromatic heterocycles. The van der Waals surface area contributed by atoms with Crippen LogP contribution in [-0.4, -0.2) is 20.0 Å². The Morgan fingerprint density at radius 3 is 2.35 bits per heavy atom. The molecular formula is C23H19FN2O4S. The van der Waals surface area contributed by atoms with Crippen molar-refractivity contribution in [2.45, 2.75) is 11.3 Å². The number of halogens is 1. The number of aromatic nitrogens is 1. The van der Waals surface area contributed by atoms with Crippen LogP contribution in [0.3, 0.4) is 0 Å². The van der Waals surface area contributed by atoms with Gasteiger partial charge in [-0.3, -0.25) is 0 Å². The SMILES string of the molecule is NS(=O)(=O)c1ccc(-c2nc(CCOc3cccc(F)c3)oc2-c2ccccc2)cc1. The van der Waals surface area contributed by atoms with Gasteiger partial charge < -0.3 is 9.15 Å². The van der Waals surface area contributed by atoms with Gasteiger partial charge in [0.05, 0.1) is 17.9 Å². The molecule has 2 N–H and O–H groups in total. The van der Waals surface area contributed by atoms with Gasteiger partial charge in [0, 0.05) is 17.2 Å². The lowest BCUT2D eigenvalue weighted by Crippen LogP contribution is -2.11. The lowest BCUT2D eigenvalue weighted by atomic mass is 10.1. The fourth-order valence-electron chi connectivity index (χ4n) is 3.07.